The number of anilines is 1. The van der Waals surface area contributed by atoms with Gasteiger partial charge < -0.3 is 20.1 Å². The molecule has 0 saturated heterocycles. The van der Waals surface area contributed by atoms with Gasteiger partial charge in [0.25, 0.3) is 0 Å². The van der Waals surface area contributed by atoms with E-state index in [0.717, 1.165) is 0 Å². The van der Waals surface area contributed by atoms with Gasteiger partial charge in [0.2, 0.25) is 22.5 Å². The van der Waals surface area contributed by atoms with Crippen molar-refractivity contribution in [2.75, 3.05) is 18.5 Å². The first-order valence-corrected chi connectivity index (χ1v) is 11.1. The molecule has 0 aliphatic carbocycles. The van der Waals surface area contributed by atoms with Gasteiger partial charge in [0, 0.05) is 23.9 Å². The number of fused-ring (bicyclic) bond motifs is 1. The Morgan fingerprint density at radius 3 is 2.54 bits per heavy atom. The molecule has 11 heteroatoms. The van der Waals surface area contributed by atoms with Crippen LogP contribution in [0, 0.1) is 5.82 Å². The van der Waals surface area contributed by atoms with Crippen LogP contribution in [0.4, 0.5) is 10.1 Å². The number of aromatic carboxylic acids is 1. The number of nitrogens with two attached hydrogens (primary N) is 1. The van der Waals surface area contributed by atoms with E-state index in [1.54, 1.807) is 13.1 Å². The average Bonchev–Trinajstić information content (AvgIpc) is 2.85. The van der Waals surface area contributed by atoms with Gasteiger partial charge in [0.15, 0.2) is 0 Å². The van der Waals surface area contributed by atoms with Gasteiger partial charge >= 0.3 is 5.97 Å². The SMILES string of the molecule is CN1c2ccc(C(=O)O)cc2C(=O)/C(=C/c2cccc(F)c2)[S+]1[O-].COc1cc(C(N)=O)ccn1. The lowest BCUT2D eigenvalue weighted by atomic mass is 10.0. The highest BCUT2D eigenvalue weighted by atomic mass is 32.2. The molecule has 0 bridgehead atoms. The molecule has 0 spiro atoms. The number of primary amides is 1. The predicted octanol–water partition coefficient (Wildman–Crippen LogP) is 3.05. The van der Waals surface area contributed by atoms with E-state index in [9.17, 15) is 23.3 Å². The van der Waals surface area contributed by atoms with E-state index in [-0.39, 0.29) is 16.0 Å². The number of carbonyl (C=O) groups excluding carboxylic acids is 2. The number of ether oxygens (including phenoxy) is 1. The van der Waals surface area contributed by atoms with E-state index in [1.807, 2.05) is 0 Å². The zero-order valence-corrected chi connectivity index (χ0v) is 19.4. The Morgan fingerprint density at radius 1 is 1.17 bits per heavy atom. The maximum absolute atomic E-state index is 13.3. The first kappa shape index (κ1) is 25.4. The lowest BCUT2D eigenvalue weighted by Crippen LogP contribution is -2.36. The minimum atomic E-state index is -1.76. The predicted molar refractivity (Wildman–Crippen MR) is 128 cm³/mol. The van der Waals surface area contributed by atoms with Crippen LogP contribution < -0.4 is 14.8 Å². The summed E-state index contributed by atoms with van der Waals surface area (Å²) >= 11 is -1.76. The van der Waals surface area contributed by atoms with Crippen molar-refractivity contribution < 1.29 is 33.2 Å². The number of methoxy groups -OCH3 is 1. The number of ketones is 1. The minimum absolute atomic E-state index is 0.0295. The third kappa shape index (κ3) is 5.83. The number of carbonyl (C=O) groups is 3. The minimum Gasteiger partial charge on any atom is -0.588 e. The van der Waals surface area contributed by atoms with Crippen molar-refractivity contribution in [2.24, 2.45) is 5.73 Å². The summed E-state index contributed by atoms with van der Waals surface area (Å²) in [7, 11) is 3.02. The van der Waals surface area contributed by atoms with Crippen LogP contribution in [0.2, 0.25) is 0 Å². The largest absolute Gasteiger partial charge is 0.588 e. The highest BCUT2D eigenvalue weighted by Crippen LogP contribution is 2.35. The second-order valence-corrected chi connectivity index (χ2v) is 8.61. The number of Topliss-reactive ketones (excluding diaryl/α,β-unsaturated/α-hetero) is 1. The van der Waals surface area contributed by atoms with Crippen LogP contribution in [0.1, 0.15) is 36.6 Å². The molecule has 1 atom stereocenters. The summed E-state index contributed by atoms with van der Waals surface area (Å²) in [6.45, 7) is 0. The smallest absolute Gasteiger partial charge is 0.335 e. The molecule has 2 aromatic carbocycles. The number of rotatable bonds is 4. The van der Waals surface area contributed by atoms with Crippen molar-refractivity contribution in [2.45, 2.75) is 0 Å². The molecule has 3 N–H and O–H groups in total. The van der Waals surface area contributed by atoms with E-state index in [1.165, 1.54) is 72.2 Å². The molecule has 2 heterocycles. The lowest BCUT2D eigenvalue weighted by molar-refractivity contribution is 0.0696. The Morgan fingerprint density at radius 2 is 1.91 bits per heavy atom. The second-order valence-electron chi connectivity index (χ2n) is 7.13. The van der Waals surface area contributed by atoms with Crippen LogP contribution in [-0.4, -0.2) is 46.5 Å². The Balaban J connectivity index is 0.000000261. The highest BCUT2D eigenvalue weighted by Gasteiger charge is 2.38. The summed E-state index contributed by atoms with van der Waals surface area (Å²) in [5.41, 5.74) is 6.32. The average molecular weight is 498 g/mol. The molecule has 9 nitrogen and oxygen atoms in total. The Kier molecular flexibility index (Phi) is 7.84. The third-order valence-corrected chi connectivity index (χ3v) is 6.24. The quantitative estimate of drug-likeness (QED) is 0.413. The van der Waals surface area contributed by atoms with Crippen molar-refractivity contribution in [3.05, 3.63) is 93.8 Å². The number of pyridine rings is 1. The molecule has 1 aliphatic rings. The van der Waals surface area contributed by atoms with Crippen LogP contribution in [0.5, 0.6) is 5.88 Å². The number of hydrogen-bond acceptors (Lipinski definition) is 7. The molecule has 4 rings (SSSR count). The highest BCUT2D eigenvalue weighted by molar-refractivity contribution is 7.97. The number of hydrogen-bond donors (Lipinski definition) is 2. The molecule has 1 unspecified atom stereocenters. The van der Waals surface area contributed by atoms with Gasteiger partial charge in [-0.15, -0.1) is 0 Å². The lowest BCUT2D eigenvalue weighted by Gasteiger charge is -2.29. The molecule has 180 valence electrons. The van der Waals surface area contributed by atoms with Crippen molar-refractivity contribution in [3.63, 3.8) is 0 Å². The van der Waals surface area contributed by atoms with Crippen LogP contribution in [0.25, 0.3) is 6.08 Å². The van der Waals surface area contributed by atoms with Gasteiger partial charge in [-0.25, -0.2) is 14.2 Å². The molecule has 35 heavy (non-hydrogen) atoms. The standard InChI is InChI=1S/C17H12FNO4S.C7H8N2O2/c1-19-14-6-5-11(17(21)22)9-13(14)16(20)15(24(19)23)8-10-3-2-4-12(18)7-10;1-11-6-4-5(7(8)10)2-3-9-6/h2-9H,1H3,(H,21,22);2-4H,1H3,(H2,8,10)/b15-8-;. The number of allylic oxidation sites excluding steroid dienone is 1. The third-order valence-electron chi connectivity index (χ3n) is 4.86. The monoisotopic (exact) mass is 497 g/mol. The van der Waals surface area contributed by atoms with Gasteiger partial charge in [-0.05, 0) is 42.0 Å². The summed E-state index contributed by atoms with van der Waals surface area (Å²) in [4.78, 5) is 38.2. The van der Waals surface area contributed by atoms with Gasteiger partial charge in [-0.2, -0.15) is 4.31 Å². The Labute approximate surface area is 203 Å². The van der Waals surface area contributed by atoms with Gasteiger partial charge in [-0.3, -0.25) is 9.59 Å². The van der Waals surface area contributed by atoms with Crippen LogP contribution in [0.3, 0.4) is 0 Å². The number of amides is 1. The van der Waals surface area contributed by atoms with E-state index in [4.69, 9.17) is 15.6 Å². The maximum atomic E-state index is 13.3. The Bertz CT molecular complexity index is 1330. The fourth-order valence-corrected chi connectivity index (χ4v) is 4.25. The van der Waals surface area contributed by atoms with Gasteiger partial charge in [0.1, 0.15) is 17.2 Å². The molecule has 1 aromatic heterocycles. The first-order chi connectivity index (χ1) is 16.6. The molecule has 0 fully saturated rings. The second kappa shape index (κ2) is 10.8. The number of carboxylic acids is 1. The summed E-state index contributed by atoms with van der Waals surface area (Å²) < 4.78 is 32.0. The normalized spacial score (nSPS) is 15.7. The van der Waals surface area contributed by atoms with Crippen molar-refractivity contribution in [1.29, 1.82) is 0 Å². The number of carboxylic acid groups (broad SMARTS) is 1. The van der Waals surface area contributed by atoms with Crippen molar-refractivity contribution in [3.8, 4) is 5.88 Å². The molecule has 1 amide bonds. The summed E-state index contributed by atoms with van der Waals surface area (Å²) in [6.07, 6.45) is 2.83. The zero-order chi connectivity index (χ0) is 25.7. The number of benzene rings is 2. The van der Waals surface area contributed by atoms with E-state index >= 15 is 0 Å². The maximum Gasteiger partial charge on any atom is 0.335 e. The molecule has 0 radical (unpaired) electrons. The van der Waals surface area contributed by atoms with E-state index in [2.05, 4.69) is 4.98 Å². The molecule has 1 aliphatic heterocycles. The van der Waals surface area contributed by atoms with Crippen LogP contribution in [-0.2, 0) is 11.4 Å². The van der Waals surface area contributed by atoms with E-state index < -0.39 is 34.8 Å². The number of nitrogens with zero attached hydrogens (tertiary/aromatic N) is 2. The fraction of sp³-hybridized carbons (Fsp3) is 0.0833. The van der Waals surface area contributed by atoms with Crippen LogP contribution >= 0.6 is 0 Å². The summed E-state index contributed by atoms with van der Waals surface area (Å²) in [5.74, 6) is -2.25. The van der Waals surface area contributed by atoms with Crippen molar-refractivity contribution in [1.82, 2.24) is 4.98 Å². The van der Waals surface area contributed by atoms with Gasteiger partial charge in [0.05, 0.1) is 31.0 Å². The molecular formula is C24H20FN3O6S. The molecule has 0 saturated carbocycles. The molecule has 3 aromatic rings. The first-order valence-electron chi connectivity index (χ1n) is 9.97. The number of halogens is 1. The molecular weight excluding hydrogens is 477 g/mol. The Hall–Kier alpha value is -4.22. The summed E-state index contributed by atoms with van der Waals surface area (Å²) in [6, 6.07) is 12.6. The fourth-order valence-electron chi connectivity index (χ4n) is 3.11. The van der Waals surface area contributed by atoms with Crippen LogP contribution in [0.15, 0.2) is 65.7 Å². The van der Waals surface area contributed by atoms with Gasteiger partial charge in [-0.1, -0.05) is 12.1 Å². The van der Waals surface area contributed by atoms with Crippen molar-refractivity contribution >= 4 is 40.8 Å². The summed E-state index contributed by atoms with van der Waals surface area (Å²) in [5, 5.41) is 9.08. The number of aromatic nitrogens is 1. The zero-order valence-electron chi connectivity index (χ0n) is 18.6. The topological polar surface area (TPSA) is 146 Å². The van der Waals surface area contributed by atoms with E-state index in [0.29, 0.717) is 22.7 Å².